The Labute approximate surface area is 69.4 Å². The zero-order chi connectivity index (χ0) is 4.41. The van der Waals surface area contributed by atoms with Crippen LogP contribution in [0.3, 0.4) is 0 Å². The number of aromatic amines is 1. The van der Waals surface area contributed by atoms with Crippen molar-refractivity contribution in [2.24, 2.45) is 0 Å². The second-order valence-electron chi connectivity index (χ2n) is 0.913. The van der Waals surface area contributed by atoms with E-state index in [1.165, 1.54) is 0 Å². The Morgan fingerprint density at radius 3 is 2.57 bits per heavy atom. The number of aromatic nitrogens is 2. The first kappa shape index (κ1) is 7.56. The predicted octanol–water partition coefficient (Wildman–Crippen LogP) is 0.0499. The topological polar surface area (TPSA) is 28.7 Å². The van der Waals surface area contributed by atoms with Gasteiger partial charge in [0.2, 0.25) is 0 Å². The van der Waals surface area contributed by atoms with E-state index in [-0.39, 0.29) is 29.6 Å². The molecule has 34 valence electrons. The van der Waals surface area contributed by atoms with Crippen LogP contribution in [0.15, 0.2) is 17.6 Å². The van der Waals surface area contributed by atoms with Crippen LogP contribution in [-0.4, -0.2) is 39.5 Å². The van der Waals surface area contributed by atoms with E-state index in [1.54, 1.807) is 12.4 Å². The predicted molar refractivity (Wildman–Crippen MR) is 33.0 cm³/mol. The molecule has 0 unspecified atom stereocenters. The second kappa shape index (κ2) is 3.55. The van der Waals surface area contributed by atoms with Gasteiger partial charge in [0.1, 0.15) is 0 Å². The van der Waals surface area contributed by atoms with E-state index in [2.05, 4.69) is 22.6 Å². The molecule has 1 aromatic heterocycles. The molecule has 0 fully saturated rings. The molecule has 1 N–H and O–H groups in total. The monoisotopic (exact) mass is 124 g/mol. The molecule has 0 spiro atoms. The van der Waals surface area contributed by atoms with Gasteiger partial charge in [-0.15, -0.1) is 12.6 Å². The number of nitrogens with one attached hydrogen (secondary N) is 1. The number of hydrogen-bond donors (Lipinski definition) is 2. The average molecular weight is 124 g/mol. The fourth-order valence-corrected chi connectivity index (χ4v) is 0.398. The fourth-order valence-electron chi connectivity index (χ4n) is 0.257. The van der Waals surface area contributed by atoms with E-state index in [4.69, 9.17) is 0 Å². The van der Waals surface area contributed by atoms with Crippen LogP contribution in [0, 0.1) is 0 Å². The van der Waals surface area contributed by atoms with Crippen molar-refractivity contribution in [3.8, 4) is 0 Å². The molecule has 1 heterocycles. The Bertz CT molecular complexity index is 116. The molecule has 1 rings (SSSR count). The average Bonchev–Trinajstić information content (AvgIpc) is 1.86. The maximum atomic E-state index is 3.87. The second-order valence-corrected chi connectivity index (χ2v) is 1.34. The third kappa shape index (κ3) is 2.39. The molecule has 0 aromatic carbocycles. The SMILES string of the molecule is Sc1ncc[nH]1.[NaH]. The van der Waals surface area contributed by atoms with E-state index in [0.717, 1.165) is 0 Å². The van der Waals surface area contributed by atoms with E-state index in [0.29, 0.717) is 5.16 Å². The maximum absolute atomic E-state index is 3.87. The van der Waals surface area contributed by atoms with Gasteiger partial charge in [0.25, 0.3) is 0 Å². The molecule has 1 aromatic rings. The Kier molecular flexibility index (Phi) is 3.83. The van der Waals surface area contributed by atoms with Crippen molar-refractivity contribution in [1.82, 2.24) is 9.97 Å². The molecule has 0 amide bonds. The van der Waals surface area contributed by atoms with Crippen LogP contribution >= 0.6 is 12.6 Å². The molecule has 0 bridgehead atoms. The van der Waals surface area contributed by atoms with Crippen molar-refractivity contribution in [3.05, 3.63) is 12.4 Å². The first-order valence-electron chi connectivity index (χ1n) is 1.58. The van der Waals surface area contributed by atoms with E-state index < -0.39 is 0 Å². The van der Waals surface area contributed by atoms with Crippen LogP contribution in [0.4, 0.5) is 0 Å². The summed E-state index contributed by atoms with van der Waals surface area (Å²) < 4.78 is 0. The molecule has 0 radical (unpaired) electrons. The molecule has 2 nitrogen and oxygen atoms in total. The number of hydrogen-bond acceptors (Lipinski definition) is 2. The van der Waals surface area contributed by atoms with Crippen LogP contribution in [0.5, 0.6) is 0 Å². The zero-order valence-electron chi connectivity index (χ0n) is 3.05. The summed E-state index contributed by atoms with van der Waals surface area (Å²) >= 11 is 3.87. The molecule has 7 heavy (non-hydrogen) atoms. The Morgan fingerprint density at radius 1 is 1.71 bits per heavy atom. The normalized spacial score (nSPS) is 7.57. The molecule has 0 aliphatic rings. The molecule has 0 aliphatic heterocycles. The molecular formula is C3H5N2NaS. The minimum absolute atomic E-state index is 0. The number of rotatable bonds is 0. The fraction of sp³-hybridized carbons (Fsp3) is 0. The summed E-state index contributed by atoms with van der Waals surface area (Å²) in [6.45, 7) is 0. The van der Waals surface area contributed by atoms with Crippen molar-refractivity contribution >= 4 is 42.2 Å². The first-order chi connectivity index (χ1) is 2.89. The number of imidazole rings is 1. The van der Waals surface area contributed by atoms with Crippen molar-refractivity contribution in [1.29, 1.82) is 0 Å². The Balaban J connectivity index is 0.000000360. The van der Waals surface area contributed by atoms with Gasteiger partial charge in [-0.25, -0.2) is 4.98 Å². The quantitative estimate of drug-likeness (QED) is 0.371. The van der Waals surface area contributed by atoms with Gasteiger partial charge in [0.15, 0.2) is 5.16 Å². The summed E-state index contributed by atoms with van der Waals surface area (Å²) in [4.78, 5) is 6.48. The summed E-state index contributed by atoms with van der Waals surface area (Å²) in [7, 11) is 0. The molecule has 0 saturated heterocycles. The van der Waals surface area contributed by atoms with Crippen LogP contribution < -0.4 is 0 Å². The minimum atomic E-state index is 0. The van der Waals surface area contributed by atoms with Crippen molar-refractivity contribution in [2.75, 3.05) is 0 Å². The van der Waals surface area contributed by atoms with Crippen molar-refractivity contribution in [2.45, 2.75) is 5.16 Å². The van der Waals surface area contributed by atoms with Gasteiger partial charge in [-0.1, -0.05) is 0 Å². The van der Waals surface area contributed by atoms with Gasteiger partial charge in [-0.3, -0.25) is 0 Å². The standard InChI is InChI=1S/C3H4N2S.Na.H/c6-3-4-1-2-5-3;;/h1-2H,(H2,4,5,6);;. The van der Waals surface area contributed by atoms with E-state index >= 15 is 0 Å². The summed E-state index contributed by atoms with van der Waals surface area (Å²) in [6.07, 6.45) is 3.38. The Morgan fingerprint density at radius 2 is 2.43 bits per heavy atom. The summed E-state index contributed by atoms with van der Waals surface area (Å²) in [6, 6.07) is 0. The van der Waals surface area contributed by atoms with Crippen LogP contribution in [0.2, 0.25) is 0 Å². The number of H-pyrrole nitrogens is 1. The molecular weight excluding hydrogens is 119 g/mol. The van der Waals surface area contributed by atoms with Gasteiger partial charge in [-0.05, 0) is 0 Å². The molecule has 0 saturated carbocycles. The third-order valence-electron chi connectivity index (χ3n) is 0.484. The zero-order valence-corrected chi connectivity index (χ0v) is 3.94. The Hall–Kier alpha value is 0.560. The molecule has 0 atom stereocenters. The van der Waals surface area contributed by atoms with E-state index in [9.17, 15) is 0 Å². The number of thiol groups is 1. The van der Waals surface area contributed by atoms with E-state index in [1.807, 2.05) is 0 Å². The number of nitrogens with zero attached hydrogens (tertiary/aromatic N) is 1. The first-order valence-corrected chi connectivity index (χ1v) is 2.02. The van der Waals surface area contributed by atoms with Gasteiger partial charge >= 0.3 is 29.6 Å². The van der Waals surface area contributed by atoms with Crippen LogP contribution in [0.1, 0.15) is 0 Å². The van der Waals surface area contributed by atoms with Crippen LogP contribution in [-0.2, 0) is 0 Å². The van der Waals surface area contributed by atoms with Gasteiger partial charge in [0, 0.05) is 12.4 Å². The van der Waals surface area contributed by atoms with Crippen molar-refractivity contribution < 1.29 is 0 Å². The van der Waals surface area contributed by atoms with Crippen molar-refractivity contribution in [3.63, 3.8) is 0 Å². The van der Waals surface area contributed by atoms with Crippen LogP contribution in [0.25, 0.3) is 0 Å². The third-order valence-corrected chi connectivity index (χ3v) is 0.728. The summed E-state index contributed by atoms with van der Waals surface area (Å²) in [5.74, 6) is 0. The molecule has 0 aliphatic carbocycles. The summed E-state index contributed by atoms with van der Waals surface area (Å²) in [5, 5.41) is 0.662. The molecule has 4 heteroatoms. The van der Waals surface area contributed by atoms with Gasteiger partial charge in [-0.2, -0.15) is 0 Å². The summed E-state index contributed by atoms with van der Waals surface area (Å²) in [5.41, 5.74) is 0. The van der Waals surface area contributed by atoms with Gasteiger partial charge < -0.3 is 4.98 Å². The van der Waals surface area contributed by atoms with Gasteiger partial charge in [0.05, 0.1) is 0 Å².